The molecule has 1 aliphatic heterocycles. The van der Waals surface area contributed by atoms with Gasteiger partial charge >= 0.3 is 11.8 Å². The second-order valence-electron chi connectivity index (χ2n) is 5.61. The highest BCUT2D eigenvalue weighted by Crippen LogP contribution is 2.34. The predicted octanol–water partition coefficient (Wildman–Crippen LogP) is 1.18. The van der Waals surface area contributed by atoms with E-state index in [1.807, 2.05) is 13.0 Å². The number of primary amides is 1. The topological polar surface area (TPSA) is 85.5 Å². The van der Waals surface area contributed by atoms with Crippen molar-refractivity contribution in [2.75, 3.05) is 13.7 Å². The van der Waals surface area contributed by atoms with Crippen LogP contribution in [0.15, 0.2) is 12.3 Å². The number of pyridine rings is 1. The van der Waals surface area contributed by atoms with Crippen LogP contribution in [0.25, 0.3) is 0 Å². The highest BCUT2D eigenvalue weighted by atomic mass is 16.5. The molecule has 1 aromatic rings. The lowest BCUT2D eigenvalue weighted by molar-refractivity contribution is -0.147. The Balaban J connectivity index is 2.32. The summed E-state index contributed by atoms with van der Waals surface area (Å²) in [5, 5.41) is 0. The van der Waals surface area contributed by atoms with Crippen molar-refractivity contribution in [1.29, 1.82) is 0 Å². The summed E-state index contributed by atoms with van der Waals surface area (Å²) in [4.78, 5) is 29.1. The number of amides is 2. The number of nitrogens with zero attached hydrogens (tertiary/aromatic N) is 2. The Morgan fingerprint density at radius 3 is 2.71 bits per heavy atom. The van der Waals surface area contributed by atoms with Gasteiger partial charge in [-0.25, -0.2) is 4.98 Å². The van der Waals surface area contributed by atoms with Crippen LogP contribution in [0, 0.1) is 12.8 Å². The molecule has 0 bridgehead atoms. The molecule has 6 heteroatoms. The van der Waals surface area contributed by atoms with E-state index < -0.39 is 11.8 Å². The van der Waals surface area contributed by atoms with Crippen LogP contribution in [-0.4, -0.2) is 35.4 Å². The van der Waals surface area contributed by atoms with Crippen LogP contribution in [0.5, 0.6) is 5.88 Å². The van der Waals surface area contributed by atoms with Crippen molar-refractivity contribution in [3.05, 3.63) is 23.4 Å². The second kappa shape index (κ2) is 6.11. The van der Waals surface area contributed by atoms with Crippen molar-refractivity contribution < 1.29 is 14.3 Å². The number of aromatic nitrogens is 1. The lowest BCUT2D eigenvalue weighted by Crippen LogP contribution is -2.46. The number of nitrogens with two attached hydrogens (primary N) is 1. The Labute approximate surface area is 124 Å². The van der Waals surface area contributed by atoms with Crippen LogP contribution in [-0.2, 0) is 9.59 Å². The summed E-state index contributed by atoms with van der Waals surface area (Å²) in [6, 6.07) is 1.80. The van der Waals surface area contributed by atoms with E-state index in [4.69, 9.17) is 10.5 Å². The molecule has 0 unspecified atom stereocenters. The van der Waals surface area contributed by atoms with Gasteiger partial charge < -0.3 is 15.4 Å². The van der Waals surface area contributed by atoms with Crippen LogP contribution >= 0.6 is 0 Å². The fraction of sp³-hybridized carbons (Fsp3) is 0.533. The molecular weight excluding hydrogens is 270 g/mol. The molecule has 114 valence electrons. The Morgan fingerprint density at radius 2 is 2.14 bits per heavy atom. The first-order valence-electron chi connectivity index (χ1n) is 7.05. The zero-order valence-corrected chi connectivity index (χ0v) is 12.6. The van der Waals surface area contributed by atoms with E-state index in [1.165, 1.54) is 0 Å². The Hall–Kier alpha value is -2.11. The minimum Gasteiger partial charge on any atom is -0.481 e. The number of piperidine rings is 1. The first kappa shape index (κ1) is 15.3. The van der Waals surface area contributed by atoms with E-state index in [1.54, 1.807) is 18.2 Å². The number of carbonyl (C=O) groups is 2. The van der Waals surface area contributed by atoms with Gasteiger partial charge in [-0.2, -0.15) is 0 Å². The summed E-state index contributed by atoms with van der Waals surface area (Å²) in [6.45, 7) is 4.51. The smallest absolute Gasteiger partial charge is 0.312 e. The highest BCUT2D eigenvalue weighted by Gasteiger charge is 2.33. The number of likely N-dealkylation sites (tertiary alicyclic amines) is 1. The van der Waals surface area contributed by atoms with Crippen LogP contribution in [0.4, 0.5) is 0 Å². The molecular formula is C15H21N3O3. The van der Waals surface area contributed by atoms with Crippen molar-refractivity contribution in [3.8, 4) is 5.88 Å². The minimum atomic E-state index is -0.910. The Kier molecular flexibility index (Phi) is 4.45. The maximum Gasteiger partial charge on any atom is 0.312 e. The van der Waals surface area contributed by atoms with E-state index in [-0.39, 0.29) is 6.04 Å². The van der Waals surface area contributed by atoms with Crippen molar-refractivity contribution in [1.82, 2.24) is 9.88 Å². The molecule has 1 aromatic heterocycles. The van der Waals surface area contributed by atoms with Gasteiger partial charge in [0.25, 0.3) is 0 Å². The van der Waals surface area contributed by atoms with Crippen LogP contribution in [0.3, 0.4) is 0 Å². The van der Waals surface area contributed by atoms with Crippen molar-refractivity contribution in [3.63, 3.8) is 0 Å². The van der Waals surface area contributed by atoms with Crippen molar-refractivity contribution in [2.45, 2.75) is 32.7 Å². The van der Waals surface area contributed by atoms with Gasteiger partial charge in [-0.1, -0.05) is 6.92 Å². The third kappa shape index (κ3) is 3.15. The van der Waals surface area contributed by atoms with Gasteiger partial charge in [0.1, 0.15) is 0 Å². The highest BCUT2D eigenvalue weighted by molar-refractivity contribution is 6.34. The second-order valence-corrected chi connectivity index (χ2v) is 5.61. The van der Waals surface area contributed by atoms with Gasteiger partial charge in [0.15, 0.2) is 0 Å². The molecule has 0 spiro atoms. The fourth-order valence-corrected chi connectivity index (χ4v) is 2.85. The van der Waals surface area contributed by atoms with E-state index in [2.05, 4.69) is 11.9 Å². The molecule has 0 saturated carbocycles. The van der Waals surface area contributed by atoms with Crippen LogP contribution in [0.2, 0.25) is 0 Å². The molecule has 2 heterocycles. The molecule has 6 nitrogen and oxygen atoms in total. The SMILES string of the molecule is COc1ncc([C@H]2CC[C@H](C)CN2C(=O)C(N)=O)cc1C. The number of carbonyl (C=O) groups excluding carboxylic acids is 2. The number of rotatable bonds is 2. The van der Waals surface area contributed by atoms with Gasteiger partial charge in [0.05, 0.1) is 13.2 Å². The number of ether oxygens (including phenoxy) is 1. The zero-order chi connectivity index (χ0) is 15.6. The molecule has 1 fully saturated rings. The third-order valence-electron chi connectivity index (χ3n) is 3.92. The summed E-state index contributed by atoms with van der Waals surface area (Å²) in [7, 11) is 1.57. The summed E-state index contributed by atoms with van der Waals surface area (Å²) >= 11 is 0. The molecule has 0 radical (unpaired) electrons. The number of methoxy groups -OCH3 is 1. The lowest BCUT2D eigenvalue weighted by atomic mass is 9.90. The van der Waals surface area contributed by atoms with E-state index in [9.17, 15) is 9.59 Å². The molecule has 1 aliphatic rings. The van der Waals surface area contributed by atoms with Crippen molar-refractivity contribution >= 4 is 11.8 Å². The lowest BCUT2D eigenvalue weighted by Gasteiger charge is -2.38. The summed E-state index contributed by atoms with van der Waals surface area (Å²) in [6.07, 6.45) is 3.50. The third-order valence-corrected chi connectivity index (χ3v) is 3.92. The molecule has 2 amide bonds. The average molecular weight is 291 g/mol. The fourth-order valence-electron chi connectivity index (χ4n) is 2.85. The van der Waals surface area contributed by atoms with E-state index in [0.717, 1.165) is 24.0 Å². The molecule has 2 atom stereocenters. The molecule has 2 rings (SSSR count). The average Bonchev–Trinajstić information content (AvgIpc) is 2.46. The molecule has 0 aromatic carbocycles. The predicted molar refractivity (Wildman–Crippen MR) is 77.6 cm³/mol. The first-order chi connectivity index (χ1) is 9.93. The summed E-state index contributed by atoms with van der Waals surface area (Å²) in [5.74, 6) is -0.611. The maximum atomic E-state index is 12.0. The van der Waals surface area contributed by atoms with Gasteiger partial charge in [-0.15, -0.1) is 0 Å². The van der Waals surface area contributed by atoms with Crippen LogP contribution < -0.4 is 10.5 Å². The number of aryl methyl sites for hydroxylation is 1. The normalized spacial score (nSPS) is 22.0. The molecule has 0 aliphatic carbocycles. The van der Waals surface area contributed by atoms with Gasteiger partial charge in [-0.3, -0.25) is 9.59 Å². The zero-order valence-electron chi connectivity index (χ0n) is 12.6. The number of hydrogen-bond acceptors (Lipinski definition) is 4. The van der Waals surface area contributed by atoms with E-state index >= 15 is 0 Å². The monoisotopic (exact) mass is 291 g/mol. The van der Waals surface area contributed by atoms with Gasteiger partial charge in [0, 0.05) is 18.3 Å². The van der Waals surface area contributed by atoms with Crippen LogP contribution in [0.1, 0.15) is 36.9 Å². The quantitative estimate of drug-likeness (QED) is 0.829. The largest absolute Gasteiger partial charge is 0.481 e. The maximum absolute atomic E-state index is 12.0. The van der Waals surface area contributed by atoms with Gasteiger partial charge in [0.2, 0.25) is 5.88 Å². The summed E-state index contributed by atoms with van der Waals surface area (Å²) in [5.41, 5.74) is 6.98. The van der Waals surface area contributed by atoms with Gasteiger partial charge in [-0.05, 0) is 37.3 Å². The Bertz CT molecular complexity index is 559. The standard InChI is InChI=1S/C15H21N3O3/c1-9-4-5-12(18(8-9)15(20)13(16)19)11-6-10(2)14(21-3)17-7-11/h6-7,9,12H,4-5,8H2,1-3H3,(H2,16,19)/t9-,12+/m0/s1. The summed E-state index contributed by atoms with van der Waals surface area (Å²) < 4.78 is 5.15. The van der Waals surface area contributed by atoms with E-state index in [0.29, 0.717) is 18.3 Å². The first-order valence-corrected chi connectivity index (χ1v) is 7.05. The minimum absolute atomic E-state index is 0.154. The Morgan fingerprint density at radius 1 is 1.43 bits per heavy atom. The molecule has 21 heavy (non-hydrogen) atoms. The molecule has 1 saturated heterocycles. The number of hydrogen-bond donors (Lipinski definition) is 1. The molecule has 2 N–H and O–H groups in total. The van der Waals surface area contributed by atoms with Crippen molar-refractivity contribution in [2.24, 2.45) is 11.7 Å².